The smallest absolute Gasteiger partial charge is 0.266 e. The molecule has 0 aliphatic carbocycles. The lowest BCUT2D eigenvalue weighted by molar-refractivity contribution is 0.149. The quantitative estimate of drug-likeness (QED) is 0.773. The lowest BCUT2D eigenvalue weighted by Crippen LogP contribution is -2.03. The summed E-state index contributed by atoms with van der Waals surface area (Å²) in [6.45, 7) is 0. The third-order valence-corrected chi connectivity index (χ3v) is 1.92. The van der Waals surface area contributed by atoms with Crippen molar-refractivity contribution in [3.8, 4) is 6.07 Å². The largest absolute Gasteiger partial charge is 0.384 e. The van der Waals surface area contributed by atoms with Crippen LogP contribution in [-0.4, -0.2) is 4.98 Å². The number of nitriles is 1. The van der Waals surface area contributed by atoms with Crippen LogP contribution in [0.15, 0.2) is 6.07 Å². The van der Waals surface area contributed by atoms with E-state index in [2.05, 4.69) is 4.98 Å². The van der Waals surface area contributed by atoms with Gasteiger partial charge in [0.05, 0.1) is 5.56 Å². The minimum atomic E-state index is -2.77. The Bertz CT molecular complexity index is 387. The number of nitrogen functional groups attached to an aromatic ring is 1. The lowest BCUT2D eigenvalue weighted by Gasteiger charge is -2.08. The van der Waals surface area contributed by atoms with Crippen molar-refractivity contribution in [1.82, 2.24) is 4.98 Å². The van der Waals surface area contributed by atoms with Crippen LogP contribution >= 0.6 is 11.6 Å². The van der Waals surface area contributed by atoms with Crippen LogP contribution in [-0.2, 0) is 5.88 Å². The first kappa shape index (κ1) is 10.7. The van der Waals surface area contributed by atoms with Crippen molar-refractivity contribution in [2.45, 2.75) is 12.3 Å². The zero-order valence-corrected chi connectivity index (χ0v) is 7.72. The molecule has 0 aromatic carbocycles. The Morgan fingerprint density at radius 2 is 2.29 bits per heavy atom. The molecule has 0 radical (unpaired) electrons. The summed E-state index contributed by atoms with van der Waals surface area (Å²) in [6.07, 6.45) is -2.77. The monoisotopic (exact) mass is 217 g/mol. The molecule has 2 N–H and O–H groups in total. The molecule has 0 aliphatic rings. The predicted octanol–water partition coefficient (Wildman–Crippen LogP) is 2.21. The summed E-state index contributed by atoms with van der Waals surface area (Å²) >= 11 is 5.45. The van der Waals surface area contributed by atoms with E-state index in [4.69, 9.17) is 22.6 Å². The van der Waals surface area contributed by atoms with Crippen molar-refractivity contribution in [2.75, 3.05) is 5.73 Å². The van der Waals surface area contributed by atoms with E-state index >= 15 is 0 Å². The van der Waals surface area contributed by atoms with Gasteiger partial charge in [-0.1, -0.05) is 0 Å². The molecule has 6 heteroatoms. The fourth-order valence-electron chi connectivity index (χ4n) is 1.07. The maximum Gasteiger partial charge on any atom is 0.266 e. The van der Waals surface area contributed by atoms with Crippen molar-refractivity contribution in [2.24, 2.45) is 0 Å². The number of hydrogen-bond donors (Lipinski definition) is 1. The highest BCUT2D eigenvalue weighted by Gasteiger charge is 2.19. The van der Waals surface area contributed by atoms with Gasteiger partial charge in [-0.15, -0.1) is 11.6 Å². The molecule has 0 fully saturated rings. The van der Waals surface area contributed by atoms with Gasteiger partial charge in [-0.3, -0.25) is 0 Å². The average Bonchev–Trinajstić information content (AvgIpc) is 2.15. The maximum atomic E-state index is 12.5. The zero-order chi connectivity index (χ0) is 10.7. The van der Waals surface area contributed by atoms with E-state index in [1.54, 1.807) is 6.07 Å². The molecular formula is C8H6ClF2N3. The first-order valence-corrected chi connectivity index (χ1v) is 4.17. The van der Waals surface area contributed by atoms with Gasteiger partial charge in [0.25, 0.3) is 6.43 Å². The Kier molecular flexibility index (Phi) is 3.20. The second-order valence-corrected chi connectivity index (χ2v) is 2.78. The number of nitrogens with zero attached hydrogens (tertiary/aromatic N) is 2. The molecule has 0 saturated carbocycles. The van der Waals surface area contributed by atoms with Crippen LogP contribution in [0.5, 0.6) is 0 Å². The minimum Gasteiger partial charge on any atom is -0.384 e. The van der Waals surface area contributed by atoms with Crippen molar-refractivity contribution in [3.05, 3.63) is 22.9 Å². The summed E-state index contributed by atoms with van der Waals surface area (Å²) in [5, 5.41) is 8.57. The van der Waals surface area contributed by atoms with Crippen molar-refractivity contribution >= 4 is 17.4 Å². The van der Waals surface area contributed by atoms with E-state index in [0.29, 0.717) is 0 Å². The summed E-state index contributed by atoms with van der Waals surface area (Å²) in [5.74, 6) is -0.109. The van der Waals surface area contributed by atoms with Gasteiger partial charge in [0, 0.05) is 5.88 Å². The maximum absolute atomic E-state index is 12.5. The molecule has 0 aliphatic heterocycles. The Labute approximate surface area is 84.1 Å². The van der Waals surface area contributed by atoms with Crippen molar-refractivity contribution in [3.63, 3.8) is 0 Å². The van der Waals surface area contributed by atoms with Crippen LogP contribution < -0.4 is 5.73 Å². The molecule has 0 atom stereocenters. The van der Waals surface area contributed by atoms with Crippen LogP contribution in [0, 0.1) is 11.3 Å². The van der Waals surface area contributed by atoms with Gasteiger partial charge in [0.15, 0.2) is 5.69 Å². The molecule has 1 aromatic heterocycles. The molecule has 1 rings (SSSR count). The summed E-state index contributed by atoms with van der Waals surface area (Å²) in [5.41, 5.74) is 4.66. The first-order chi connectivity index (χ1) is 6.60. The summed E-state index contributed by atoms with van der Waals surface area (Å²) in [7, 11) is 0. The van der Waals surface area contributed by atoms with E-state index in [0.717, 1.165) is 0 Å². The van der Waals surface area contributed by atoms with Gasteiger partial charge in [0.2, 0.25) is 0 Å². The highest BCUT2D eigenvalue weighted by atomic mass is 35.5. The number of pyridine rings is 1. The molecule has 0 bridgehead atoms. The highest BCUT2D eigenvalue weighted by Crippen LogP contribution is 2.27. The van der Waals surface area contributed by atoms with Crippen LogP contribution in [0.3, 0.4) is 0 Å². The van der Waals surface area contributed by atoms with E-state index in [1.807, 2.05) is 0 Å². The molecule has 3 nitrogen and oxygen atoms in total. The normalized spacial score (nSPS) is 10.2. The predicted molar refractivity (Wildman–Crippen MR) is 47.9 cm³/mol. The standard InChI is InChI=1S/C8H6ClF2N3/c9-2-4-1-6(13)14-5(3-12)7(4)8(10)11/h1,8H,2H2,(H2,13,14). The van der Waals surface area contributed by atoms with Gasteiger partial charge in [-0.05, 0) is 11.6 Å². The number of nitrogens with two attached hydrogens (primary N) is 1. The molecule has 0 amide bonds. The summed E-state index contributed by atoms with van der Waals surface area (Å²) in [6, 6.07) is 2.81. The number of anilines is 1. The SMILES string of the molecule is N#Cc1nc(N)cc(CCl)c1C(F)F. The van der Waals surface area contributed by atoms with E-state index < -0.39 is 12.0 Å². The fraction of sp³-hybridized carbons (Fsp3) is 0.250. The van der Waals surface area contributed by atoms with Gasteiger partial charge in [0.1, 0.15) is 11.9 Å². The molecule has 1 aromatic rings. The third-order valence-electron chi connectivity index (χ3n) is 1.63. The van der Waals surface area contributed by atoms with Crippen LogP contribution in [0.25, 0.3) is 0 Å². The highest BCUT2D eigenvalue weighted by molar-refractivity contribution is 6.17. The molecule has 0 unspecified atom stereocenters. The molecule has 1 heterocycles. The molecule has 0 saturated heterocycles. The minimum absolute atomic E-state index is 0.0154. The van der Waals surface area contributed by atoms with Gasteiger partial charge >= 0.3 is 0 Å². The van der Waals surface area contributed by atoms with Crippen LogP contribution in [0.4, 0.5) is 14.6 Å². The van der Waals surface area contributed by atoms with E-state index in [1.165, 1.54) is 6.07 Å². The number of halogens is 3. The van der Waals surface area contributed by atoms with Crippen LogP contribution in [0.1, 0.15) is 23.2 Å². The Morgan fingerprint density at radius 1 is 1.64 bits per heavy atom. The second kappa shape index (κ2) is 4.20. The Balaban J connectivity index is 3.42. The van der Waals surface area contributed by atoms with Crippen LogP contribution in [0.2, 0.25) is 0 Å². The topological polar surface area (TPSA) is 62.7 Å². The zero-order valence-electron chi connectivity index (χ0n) is 6.97. The number of aromatic nitrogens is 1. The first-order valence-electron chi connectivity index (χ1n) is 3.63. The Hall–Kier alpha value is -1.41. The Morgan fingerprint density at radius 3 is 2.71 bits per heavy atom. The summed E-state index contributed by atoms with van der Waals surface area (Å²) < 4.78 is 25.0. The number of hydrogen-bond acceptors (Lipinski definition) is 3. The molecular weight excluding hydrogens is 212 g/mol. The second-order valence-electron chi connectivity index (χ2n) is 2.51. The third kappa shape index (κ3) is 1.91. The molecule has 14 heavy (non-hydrogen) atoms. The average molecular weight is 218 g/mol. The molecule has 0 spiro atoms. The van der Waals surface area contributed by atoms with Gasteiger partial charge in [-0.2, -0.15) is 5.26 Å². The molecule has 74 valence electrons. The van der Waals surface area contributed by atoms with E-state index in [-0.39, 0.29) is 23.0 Å². The lowest BCUT2D eigenvalue weighted by atomic mass is 10.1. The fourth-order valence-corrected chi connectivity index (χ4v) is 1.29. The number of rotatable bonds is 2. The summed E-state index contributed by atoms with van der Waals surface area (Å²) in [4.78, 5) is 3.50. The van der Waals surface area contributed by atoms with Gasteiger partial charge < -0.3 is 5.73 Å². The van der Waals surface area contributed by atoms with Crippen molar-refractivity contribution in [1.29, 1.82) is 5.26 Å². The van der Waals surface area contributed by atoms with E-state index in [9.17, 15) is 8.78 Å². The van der Waals surface area contributed by atoms with Crippen molar-refractivity contribution < 1.29 is 8.78 Å². The van der Waals surface area contributed by atoms with Gasteiger partial charge in [-0.25, -0.2) is 13.8 Å². The number of alkyl halides is 3.